The third kappa shape index (κ3) is 4.37. The van der Waals surface area contributed by atoms with Crippen LogP contribution in [0.15, 0.2) is 30.7 Å². The molecule has 0 bridgehead atoms. The Morgan fingerprint density at radius 3 is 2.61 bits per heavy atom. The number of hydrogen-bond donors (Lipinski definition) is 3. The lowest BCUT2D eigenvalue weighted by Crippen LogP contribution is -2.44. The molecule has 3 aliphatic rings. The fraction of sp³-hybridized carbons (Fsp3) is 0.520. The number of aromatic nitrogens is 4. The predicted molar refractivity (Wildman–Crippen MR) is 130 cm³/mol. The molecule has 4 heterocycles. The molecule has 3 fully saturated rings. The van der Waals surface area contributed by atoms with Crippen LogP contribution in [0, 0.1) is 0 Å². The lowest BCUT2D eigenvalue weighted by molar-refractivity contribution is 0.126. The number of anilines is 2. The van der Waals surface area contributed by atoms with E-state index in [4.69, 9.17) is 9.97 Å². The zero-order valence-electron chi connectivity index (χ0n) is 18.9. The molecule has 0 radical (unpaired) electrons. The molecule has 172 valence electrons. The number of aliphatic hydroxyl groups excluding tert-OH is 1. The standard InChI is InChI=1S/C25H31N7O/c33-19-5-3-18(4-6-19)29-22-13-17(7-8-28-22)24-30-21-15-27-14-20(16-1-2-16)23(21)25(31-24)32-11-9-26-10-12-32/h7-8,13-16,18-19,26,33H,1-6,9-12H2,(H,28,29). The Morgan fingerprint density at radius 2 is 1.82 bits per heavy atom. The summed E-state index contributed by atoms with van der Waals surface area (Å²) >= 11 is 0. The molecule has 8 heteroatoms. The van der Waals surface area contributed by atoms with Crippen molar-refractivity contribution in [3.63, 3.8) is 0 Å². The largest absolute Gasteiger partial charge is 0.393 e. The van der Waals surface area contributed by atoms with Gasteiger partial charge >= 0.3 is 0 Å². The molecule has 0 atom stereocenters. The second-order valence-electron chi connectivity index (χ2n) is 9.58. The van der Waals surface area contributed by atoms with Gasteiger partial charge in [-0.15, -0.1) is 0 Å². The van der Waals surface area contributed by atoms with Gasteiger partial charge in [0.05, 0.1) is 17.8 Å². The molecule has 0 spiro atoms. The summed E-state index contributed by atoms with van der Waals surface area (Å²) in [5.41, 5.74) is 3.17. The van der Waals surface area contributed by atoms with E-state index in [9.17, 15) is 5.11 Å². The summed E-state index contributed by atoms with van der Waals surface area (Å²) in [6.07, 6.45) is 11.6. The molecule has 2 saturated carbocycles. The van der Waals surface area contributed by atoms with Crippen LogP contribution >= 0.6 is 0 Å². The van der Waals surface area contributed by atoms with E-state index in [0.29, 0.717) is 12.0 Å². The fourth-order valence-corrected chi connectivity index (χ4v) is 5.11. The number of hydrogen-bond acceptors (Lipinski definition) is 8. The number of aliphatic hydroxyl groups is 1. The minimum absolute atomic E-state index is 0.161. The van der Waals surface area contributed by atoms with Crippen LogP contribution in [0.4, 0.5) is 11.6 Å². The topological polar surface area (TPSA) is 99.1 Å². The predicted octanol–water partition coefficient (Wildman–Crippen LogP) is 3.09. The van der Waals surface area contributed by atoms with Gasteiger partial charge in [-0.3, -0.25) is 4.98 Å². The molecule has 0 aromatic carbocycles. The monoisotopic (exact) mass is 445 g/mol. The van der Waals surface area contributed by atoms with Gasteiger partial charge in [-0.2, -0.15) is 0 Å². The number of rotatable bonds is 5. The van der Waals surface area contributed by atoms with Gasteiger partial charge in [0.15, 0.2) is 5.82 Å². The van der Waals surface area contributed by atoms with Crippen molar-refractivity contribution in [2.24, 2.45) is 0 Å². The van der Waals surface area contributed by atoms with Gasteiger partial charge in [0.2, 0.25) is 0 Å². The second kappa shape index (κ2) is 8.83. The first kappa shape index (κ1) is 20.7. The molecule has 8 nitrogen and oxygen atoms in total. The summed E-state index contributed by atoms with van der Waals surface area (Å²) in [5.74, 6) is 3.18. The highest BCUT2D eigenvalue weighted by molar-refractivity contribution is 5.94. The summed E-state index contributed by atoms with van der Waals surface area (Å²) < 4.78 is 0. The van der Waals surface area contributed by atoms with E-state index in [1.807, 2.05) is 30.7 Å². The Hall–Kier alpha value is -2.84. The molecule has 3 N–H and O–H groups in total. The van der Waals surface area contributed by atoms with Gasteiger partial charge in [-0.05, 0) is 62.1 Å². The highest BCUT2D eigenvalue weighted by Crippen LogP contribution is 2.44. The zero-order chi connectivity index (χ0) is 22.2. The van der Waals surface area contributed by atoms with Crippen LogP contribution in [-0.4, -0.2) is 63.4 Å². The molecule has 0 unspecified atom stereocenters. The van der Waals surface area contributed by atoms with E-state index < -0.39 is 0 Å². The number of nitrogens with zero attached hydrogens (tertiary/aromatic N) is 5. The Balaban J connectivity index is 1.38. The highest BCUT2D eigenvalue weighted by Gasteiger charge is 2.29. The molecule has 2 aliphatic carbocycles. The summed E-state index contributed by atoms with van der Waals surface area (Å²) in [4.78, 5) is 21.6. The maximum absolute atomic E-state index is 9.79. The van der Waals surface area contributed by atoms with Crippen LogP contribution in [0.2, 0.25) is 0 Å². The summed E-state index contributed by atoms with van der Waals surface area (Å²) in [7, 11) is 0. The lowest BCUT2D eigenvalue weighted by atomic mass is 9.93. The minimum Gasteiger partial charge on any atom is -0.393 e. The number of pyridine rings is 2. The summed E-state index contributed by atoms with van der Waals surface area (Å²) in [6, 6.07) is 4.37. The maximum atomic E-state index is 9.79. The Morgan fingerprint density at radius 1 is 1.00 bits per heavy atom. The smallest absolute Gasteiger partial charge is 0.162 e. The van der Waals surface area contributed by atoms with Crippen molar-refractivity contribution in [2.75, 3.05) is 36.4 Å². The number of piperazine rings is 1. The van der Waals surface area contributed by atoms with Crippen molar-refractivity contribution in [1.29, 1.82) is 0 Å². The summed E-state index contributed by atoms with van der Waals surface area (Å²) in [6.45, 7) is 3.80. The van der Waals surface area contributed by atoms with Gasteiger partial charge in [0, 0.05) is 55.6 Å². The number of nitrogens with one attached hydrogen (secondary N) is 2. The lowest BCUT2D eigenvalue weighted by Gasteiger charge is -2.30. The molecule has 1 saturated heterocycles. The Bertz CT molecular complexity index is 1130. The van der Waals surface area contributed by atoms with E-state index in [1.165, 1.54) is 23.8 Å². The summed E-state index contributed by atoms with van der Waals surface area (Å²) in [5, 5.41) is 18.0. The van der Waals surface area contributed by atoms with Crippen molar-refractivity contribution in [3.05, 3.63) is 36.3 Å². The van der Waals surface area contributed by atoms with Gasteiger partial charge in [-0.25, -0.2) is 15.0 Å². The molecule has 6 rings (SSSR count). The van der Waals surface area contributed by atoms with Crippen LogP contribution in [0.3, 0.4) is 0 Å². The Kier molecular flexibility index (Phi) is 5.55. The first-order valence-corrected chi connectivity index (χ1v) is 12.3. The molecular formula is C25H31N7O. The SMILES string of the molecule is OC1CCC(Nc2cc(-c3nc(N4CCNCC4)c4c(C5CC5)cncc4n3)ccn2)CC1. The first-order valence-electron chi connectivity index (χ1n) is 12.3. The van der Waals surface area contributed by atoms with Crippen LogP contribution in [0.25, 0.3) is 22.3 Å². The third-order valence-electron chi connectivity index (χ3n) is 7.12. The Labute approximate surface area is 193 Å². The van der Waals surface area contributed by atoms with Gasteiger partial charge < -0.3 is 20.6 Å². The van der Waals surface area contributed by atoms with E-state index in [2.05, 4.69) is 25.5 Å². The maximum Gasteiger partial charge on any atom is 0.162 e. The number of fused-ring (bicyclic) bond motifs is 1. The first-order chi connectivity index (χ1) is 16.2. The normalized spacial score (nSPS) is 23.6. The average Bonchev–Trinajstić information content (AvgIpc) is 3.71. The minimum atomic E-state index is -0.161. The van der Waals surface area contributed by atoms with Gasteiger partial charge in [0.1, 0.15) is 11.6 Å². The average molecular weight is 446 g/mol. The molecule has 3 aromatic heterocycles. The van der Waals surface area contributed by atoms with Gasteiger partial charge in [-0.1, -0.05) is 0 Å². The van der Waals surface area contributed by atoms with Crippen LogP contribution in [0.1, 0.15) is 50.0 Å². The van der Waals surface area contributed by atoms with Crippen molar-refractivity contribution in [3.8, 4) is 11.4 Å². The molecule has 33 heavy (non-hydrogen) atoms. The molecule has 3 aromatic rings. The van der Waals surface area contributed by atoms with Gasteiger partial charge in [0.25, 0.3) is 0 Å². The zero-order valence-corrected chi connectivity index (χ0v) is 18.9. The second-order valence-corrected chi connectivity index (χ2v) is 9.58. The van der Waals surface area contributed by atoms with E-state index >= 15 is 0 Å². The van der Waals surface area contributed by atoms with Crippen molar-refractivity contribution in [1.82, 2.24) is 25.3 Å². The van der Waals surface area contributed by atoms with E-state index in [0.717, 1.165) is 80.4 Å². The molecule has 1 aliphatic heterocycles. The third-order valence-corrected chi connectivity index (χ3v) is 7.12. The van der Waals surface area contributed by atoms with Crippen molar-refractivity contribution in [2.45, 2.75) is 56.6 Å². The highest BCUT2D eigenvalue weighted by atomic mass is 16.3. The van der Waals surface area contributed by atoms with Crippen LogP contribution < -0.4 is 15.5 Å². The quantitative estimate of drug-likeness (QED) is 0.551. The fourth-order valence-electron chi connectivity index (χ4n) is 5.11. The van der Waals surface area contributed by atoms with Crippen LogP contribution in [0.5, 0.6) is 0 Å². The van der Waals surface area contributed by atoms with E-state index in [-0.39, 0.29) is 6.10 Å². The van der Waals surface area contributed by atoms with E-state index in [1.54, 1.807) is 0 Å². The van der Waals surface area contributed by atoms with Crippen molar-refractivity contribution >= 4 is 22.5 Å². The van der Waals surface area contributed by atoms with Crippen molar-refractivity contribution < 1.29 is 5.11 Å². The molecular weight excluding hydrogens is 414 g/mol. The molecule has 0 amide bonds. The van der Waals surface area contributed by atoms with Crippen LogP contribution in [-0.2, 0) is 0 Å².